The molecule has 2 amide bonds. The molecular weight excluding hydrogens is 370 g/mol. The highest BCUT2D eigenvalue weighted by Crippen LogP contribution is 2.27. The monoisotopic (exact) mass is 399 g/mol. The lowest BCUT2D eigenvalue weighted by Gasteiger charge is -2.36. The third-order valence-electron chi connectivity index (χ3n) is 4.97. The molecule has 7 nitrogen and oxygen atoms in total. The predicted octanol–water partition coefficient (Wildman–Crippen LogP) is 3.13. The van der Waals surface area contributed by atoms with E-state index in [-0.39, 0.29) is 6.03 Å². The van der Waals surface area contributed by atoms with Gasteiger partial charge in [0, 0.05) is 38.4 Å². The lowest BCUT2D eigenvalue weighted by Crippen LogP contribution is -2.51. The number of methoxy groups -OCH3 is 2. The molecule has 0 saturated carbocycles. The second-order valence-electron chi connectivity index (χ2n) is 6.75. The molecule has 156 valence electrons. The van der Waals surface area contributed by atoms with E-state index in [1.807, 2.05) is 42.2 Å². The Kier molecular flexibility index (Phi) is 7.05. The number of amides is 2. The molecule has 1 aliphatic heterocycles. The first kappa shape index (κ1) is 20.6. The molecule has 0 unspecified atom stereocenters. The lowest BCUT2D eigenvalue weighted by atomic mass is 10.2. The molecule has 0 aliphatic carbocycles. The van der Waals surface area contributed by atoms with E-state index in [1.54, 1.807) is 14.2 Å². The predicted molar refractivity (Wildman–Crippen MR) is 113 cm³/mol. The van der Waals surface area contributed by atoms with Gasteiger partial charge in [-0.1, -0.05) is 6.07 Å². The molecule has 7 heteroatoms. The average Bonchev–Trinajstić information content (AvgIpc) is 2.78. The van der Waals surface area contributed by atoms with Crippen LogP contribution in [0.4, 0.5) is 10.5 Å². The molecular formula is C22H29N3O4. The van der Waals surface area contributed by atoms with Crippen molar-refractivity contribution in [2.45, 2.75) is 13.5 Å². The molecule has 0 atom stereocenters. The maximum Gasteiger partial charge on any atom is 0.317 e. The fourth-order valence-corrected chi connectivity index (χ4v) is 3.37. The molecule has 1 aliphatic rings. The molecule has 0 radical (unpaired) electrons. The number of hydrogen-bond donors (Lipinski definition) is 1. The quantitative estimate of drug-likeness (QED) is 0.775. The SMILES string of the molecule is CCOc1ccc(N2CCN(C(=O)NCc3ccc(OC)c(OC)c3)CC2)cc1. The van der Waals surface area contributed by atoms with Crippen molar-refractivity contribution in [3.8, 4) is 17.2 Å². The number of ether oxygens (including phenoxy) is 3. The van der Waals surface area contributed by atoms with Crippen LogP contribution in [0.1, 0.15) is 12.5 Å². The van der Waals surface area contributed by atoms with Gasteiger partial charge in [0.1, 0.15) is 5.75 Å². The Labute approximate surface area is 172 Å². The summed E-state index contributed by atoms with van der Waals surface area (Å²) in [6.45, 7) is 6.06. The number of piperazine rings is 1. The summed E-state index contributed by atoms with van der Waals surface area (Å²) in [4.78, 5) is 16.7. The normalized spacial score (nSPS) is 13.8. The Morgan fingerprint density at radius 1 is 0.966 bits per heavy atom. The van der Waals surface area contributed by atoms with Crippen molar-refractivity contribution in [1.29, 1.82) is 0 Å². The zero-order valence-electron chi connectivity index (χ0n) is 17.3. The van der Waals surface area contributed by atoms with Crippen molar-refractivity contribution in [2.75, 3.05) is 51.9 Å². The van der Waals surface area contributed by atoms with E-state index in [0.717, 1.165) is 30.1 Å². The molecule has 3 rings (SSSR count). The van der Waals surface area contributed by atoms with Gasteiger partial charge in [-0.3, -0.25) is 0 Å². The Balaban J connectivity index is 1.48. The first-order valence-electron chi connectivity index (χ1n) is 9.86. The van der Waals surface area contributed by atoms with Crippen molar-refractivity contribution >= 4 is 11.7 Å². The summed E-state index contributed by atoms with van der Waals surface area (Å²) in [6.07, 6.45) is 0. The van der Waals surface area contributed by atoms with E-state index in [2.05, 4.69) is 22.3 Å². The van der Waals surface area contributed by atoms with E-state index < -0.39 is 0 Å². The molecule has 2 aromatic rings. The van der Waals surface area contributed by atoms with Crippen LogP contribution in [0.5, 0.6) is 17.2 Å². The Morgan fingerprint density at radius 3 is 2.28 bits per heavy atom. The maximum atomic E-state index is 12.5. The molecule has 1 heterocycles. The summed E-state index contributed by atoms with van der Waals surface area (Å²) in [5.74, 6) is 2.21. The number of nitrogens with one attached hydrogen (secondary N) is 1. The van der Waals surface area contributed by atoms with Crippen LogP contribution in [0.3, 0.4) is 0 Å². The van der Waals surface area contributed by atoms with Gasteiger partial charge in [0.2, 0.25) is 0 Å². The van der Waals surface area contributed by atoms with Crippen molar-refractivity contribution in [1.82, 2.24) is 10.2 Å². The van der Waals surface area contributed by atoms with Crippen molar-refractivity contribution < 1.29 is 19.0 Å². The summed E-state index contributed by atoms with van der Waals surface area (Å²) < 4.78 is 16.1. The summed E-state index contributed by atoms with van der Waals surface area (Å²) >= 11 is 0. The minimum absolute atomic E-state index is 0.0499. The number of nitrogens with zero attached hydrogens (tertiary/aromatic N) is 2. The summed E-state index contributed by atoms with van der Waals surface area (Å²) in [7, 11) is 3.20. The number of rotatable bonds is 7. The van der Waals surface area contributed by atoms with Gasteiger partial charge in [0.25, 0.3) is 0 Å². The van der Waals surface area contributed by atoms with Crippen molar-refractivity contribution in [2.24, 2.45) is 0 Å². The zero-order valence-corrected chi connectivity index (χ0v) is 17.3. The number of benzene rings is 2. The molecule has 1 N–H and O–H groups in total. The Morgan fingerprint density at radius 2 is 1.66 bits per heavy atom. The van der Waals surface area contributed by atoms with Crippen LogP contribution in [-0.2, 0) is 6.54 Å². The molecule has 0 aromatic heterocycles. The van der Waals surface area contributed by atoms with Gasteiger partial charge in [-0.2, -0.15) is 0 Å². The zero-order chi connectivity index (χ0) is 20.6. The average molecular weight is 399 g/mol. The van der Waals surface area contributed by atoms with Gasteiger partial charge in [-0.05, 0) is 48.9 Å². The summed E-state index contributed by atoms with van der Waals surface area (Å²) in [5.41, 5.74) is 2.11. The van der Waals surface area contributed by atoms with Crippen LogP contribution in [0.2, 0.25) is 0 Å². The van der Waals surface area contributed by atoms with Crippen molar-refractivity contribution in [3.63, 3.8) is 0 Å². The largest absolute Gasteiger partial charge is 0.494 e. The summed E-state index contributed by atoms with van der Waals surface area (Å²) in [5, 5.41) is 2.99. The van der Waals surface area contributed by atoms with Gasteiger partial charge in [0.15, 0.2) is 11.5 Å². The van der Waals surface area contributed by atoms with Gasteiger partial charge >= 0.3 is 6.03 Å². The van der Waals surface area contributed by atoms with Crippen LogP contribution >= 0.6 is 0 Å². The topological polar surface area (TPSA) is 63.3 Å². The van der Waals surface area contributed by atoms with Crippen LogP contribution in [0.25, 0.3) is 0 Å². The van der Waals surface area contributed by atoms with Crippen LogP contribution in [0.15, 0.2) is 42.5 Å². The Bertz CT molecular complexity index is 802. The second-order valence-corrected chi connectivity index (χ2v) is 6.75. The number of hydrogen-bond acceptors (Lipinski definition) is 5. The highest BCUT2D eigenvalue weighted by molar-refractivity contribution is 5.74. The first-order chi connectivity index (χ1) is 14.1. The Hall–Kier alpha value is -3.09. The number of carbonyl (C=O) groups is 1. The van der Waals surface area contributed by atoms with Gasteiger partial charge in [0.05, 0.1) is 20.8 Å². The minimum atomic E-state index is -0.0499. The smallest absolute Gasteiger partial charge is 0.317 e. The van der Waals surface area contributed by atoms with E-state index in [0.29, 0.717) is 37.7 Å². The van der Waals surface area contributed by atoms with Gasteiger partial charge < -0.3 is 29.3 Å². The second kappa shape index (κ2) is 9.91. The number of carbonyl (C=O) groups excluding carboxylic acids is 1. The molecule has 1 saturated heterocycles. The number of anilines is 1. The van der Waals surface area contributed by atoms with Crippen molar-refractivity contribution in [3.05, 3.63) is 48.0 Å². The van der Waals surface area contributed by atoms with Gasteiger partial charge in [-0.25, -0.2) is 4.79 Å². The van der Waals surface area contributed by atoms with E-state index in [9.17, 15) is 4.79 Å². The molecule has 1 fully saturated rings. The standard InChI is InChI=1S/C22H29N3O4/c1-4-29-19-8-6-18(7-9-19)24-11-13-25(14-12-24)22(26)23-16-17-5-10-20(27-2)21(15-17)28-3/h5-10,15H,4,11-14,16H2,1-3H3,(H,23,26). The van der Waals surface area contributed by atoms with Crippen LogP contribution in [0, 0.1) is 0 Å². The molecule has 0 bridgehead atoms. The number of urea groups is 1. The fourth-order valence-electron chi connectivity index (χ4n) is 3.37. The van der Waals surface area contributed by atoms with Crippen LogP contribution in [-0.4, -0.2) is 57.9 Å². The third-order valence-corrected chi connectivity index (χ3v) is 4.97. The summed E-state index contributed by atoms with van der Waals surface area (Å²) in [6, 6.07) is 13.7. The molecule has 29 heavy (non-hydrogen) atoms. The van der Waals surface area contributed by atoms with E-state index in [4.69, 9.17) is 14.2 Å². The highest BCUT2D eigenvalue weighted by atomic mass is 16.5. The molecule has 2 aromatic carbocycles. The van der Waals surface area contributed by atoms with Crippen LogP contribution < -0.4 is 24.4 Å². The van der Waals surface area contributed by atoms with Gasteiger partial charge in [-0.15, -0.1) is 0 Å². The van der Waals surface area contributed by atoms with E-state index in [1.165, 1.54) is 0 Å². The van der Waals surface area contributed by atoms with E-state index >= 15 is 0 Å². The minimum Gasteiger partial charge on any atom is -0.494 e. The molecule has 0 spiro atoms. The lowest BCUT2D eigenvalue weighted by molar-refractivity contribution is 0.194. The highest BCUT2D eigenvalue weighted by Gasteiger charge is 2.21. The fraction of sp³-hybridized carbons (Fsp3) is 0.409. The third kappa shape index (κ3) is 5.25. The maximum absolute atomic E-state index is 12.5. The first-order valence-corrected chi connectivity index (χ1v) is 9.86.